The second-order valence-corrected chi connectivity index (χ2v) is 9.03. The number of nitrogens with zero attached hydrogens (tertiary/aromatic N) is 1. The Balaban J connectivity index is 0. The van der Waals surface area contributed by atoms with Crippen LogP contribution >= 0.6 is 23.2 Å². The molecule has 204 valence electrons. The molecule has 39 heavy (non-hydrogen) atoms. The van der Waals surface area contributed by atoms with Gasteiger partial charge in [0.15, 0.2) is 0 Å². The van der Waals surface area contributed by atoms with Crippen molar-refractivity contribution in [2.24, 2.45) is 4.99 Å². The minimum absolute atomic E-state index is 0. The molecule has 0 aliphatic carbocycles. The van der Waals surface area contributed by atoms with Crippen molar-refractivity contribution in [3.05, 3.63) is 150 Å². The minimum atomic E-state index is 0. The van der Waals surface area contributed by atoms with E-state index in [1.807, 2.05) is 54.7 Å². The molecule has 0 N–H and O–H groups in total. The minimum Gasteiger partial charge on any atom is -1.00 e. The number of alkyl halides is 2. The maximum atomic E-state index is 4.81. The first-order chi connectivity index (χ1) is 17.2. The van der Waals surface area contributed by atoms with E-state index in [-0.39, 0.29) is 73.4 Å². The van der Waals surface area contributed by atoms with Crippen LogP contribution in [0.25, 0.3) is 0 Å². The van der Waals surface area contributed by atoms with Crippen molar-refractivity contribution in [1.29, 1.82) is 0 Å². The monoisotopic (exact) mass is 715 g/mol. The molecule has 0 unspecified atom stereocenters. The first-order valence-corrected chi connectivity index (χ1v) is 12.9. The molecule has 2 atom stereocenters. The van der Waals surface area contributed by atoms with Crippen LogP contribution in [0.3, 0.4) is 0 Å². The Morgan fingerprint density at radius 2 is 1.46 bits per heavy atom. The van der Waals surface area contributed by atoms with Crippen LogP contribution in [0.15, 0.2) is 132 Å². The third-order valence-electron chi connectivity index (χ3n) is 5.85. The van der Waals surface area contributed by atoms with Crippen LogP contribution < -0.4 is 24.8 Å². The summed E-state index contributed by atoms with van der Waals surface area (Å²) < 4.78 is 0. The van der Waals surface area contributed by atoms with Gasteiger partial charge in [-0.1, -0.05) is 61.2 Å². The summed E-state index contributed by atoms with van der Waals surface area (Å²) in [6.45, 7) is 2.32. The molecule has 0 saturated carbocycles. The maximum Gasteiger partial charge on any atom is 3.00 e. The zero-order valence-electron chi connectivity index (χ0n) is 21.6. The van der Waals surface area contributed by atoms with Crippen molar-refractivity contribution in [2.45, 2.75) is 25.2 Å². The smallest absolute Gasteiger partial charge is 1.00 e. The van der Waals surface area contributed by atoms with Gasteiger partial charge < -0.3 is 24.8 Å². The topological polar surface area (TPSA) is 12.4 Å². The molecule has 0 fully saturated rings. The average molecular weight is 718 g/mol. The molecule has 2 radical (unpaired) electrons. The van der Waals surface area contributed by atoms with Gasteiger partial charge in [-0.15, -0.1) is 28.8 Å². The summed E-state index contributed by atoms with van der Waals surface area (Å²) in [6.07, 6.45) is 3.04. The molecule has 0 aliphatic rings. The van der Waals surface area contributed by atoms with E-state index in [1.165, 1.54) is 16.7 Å². The van der Waals surface area contributed by atoms with E-state index in [4.69, 9.17) is 28.2 Å². The fraction of sp³-hybridized carbons (Fsp3) is 0.156. The van der Waals surface area contributed by atoms with E-state index in [1.54, 1.807) is 0 Å². The summed E-state index contributed by atoms with van der Waals surface area (Å²) >= 11 is 9.53. The van der Waals surface area contributed by atoms with Crippen molar-refractivity contribution in [3.63, 3.8) is 0 Å². The predicted molar refractivity (Wildman–Crippen MR) is 153 cm³/mol. The van der Waals surface area contributed by atoms with Crippen LogP contribution in [0.1, 0.15) is 47.4 Å². The molecule has 0 saturated heterocycles. The Kier molecular flexibility index (Phi) is 24.1. The number of rotatable bonds is 7. The number of benzene rings is 1. The molecule has 0 heterocycles. The van der Waals surface area contributed by atoms with E-state index < -0.39 is 0 Å². The van der Waals surface area contributed by atoms with Gasteiger partial charge in [-0.2, -0.15) is 65.7 Å². The summed E-state index contributed by atoms with van der Waals surface area (Å²) in [5.74, 6) is 0.851. The normalized spacial score (nSPS) is 11.1. The fourth-order valence-electron chi connectivity index (χ4n) is 4.11. The van der Waals surface area contributed by atoms with Crippen molar-refractivity contribution < 1.29 is 68.1 Å². The van der Waals surface area contributed by atoms with Gasteiger partial charge in [-0.25, -0.2) is 42.5 Å². The largest absolute Gasteiger partial charge is 3.00 e. The Labute approximate surface area is 285 Å². The molecule has 0 amide bonds. The van der Waals surface area contributed by atoms with E-state index in [0.29, 0.717) is 11.8 Å². The molecule has 5 aromatic rings. The molecule has 0 bridgehead atoms. The number of halogens is 4. The van der Waals surface area contributed by atoms with Crippen molar-refractivity contribution in [2.75, 3.05) is 5.34 Å². The molecule has 5 aromatic carbocycles. The molecule has 7 heteroatoms. The van der Waals surface area contributed by atoms with E-state index >= 15 is 0 Å². The molecular formula is C32H31Cl4FeNZr. The van der Waals surface area contributed by atoms with Crippen LogP contribution in [-0.2, 0) is 43.3 Å². The molecule has 0 aromatic heterocycles. The number of hydrogen-bond donors (Lipinski definition) is 0. The SMILES string of the molecule is C[C@@H](C[C@H](c1ccc[cH-]1)[c-]1cccc1N=Cc1ccccc1)[c-]1cccc1.ClCCl.[Cl-].[Cl-].[Fe+3].[Zr+3].c1cc[cH-]c1. The van der Waals surface area contributed by atoms with Crippen LogP contribution in [-0.4, -0.2) is 11.6 Å². The van der Waals surface area contributed by atoms with Crippen LogP contribution in [0.5, 0.6) is 0 Å². The van der Waals surface area contributed by atoms with Gasteiger partial charge >= 0.3 is 43.3 Å². The van der Waals surface area contributed by atoms with Crippen LogP contribution in [0.2, 0.25) is 0 Å². The predicted octanol–water partition coefficient (Wildman–Crippen LogP) is 3.75. The summed E-state index contributed by atoms with van der Waals surface area (Å²) in [5.41, 5.74) is 6.29. The Morgan fingerprint density at radius 1 is 0.821 bits per heavy atom. The van der Waals surface area contributed by atoms with Gasteiger partial charge in [-0.3, -0.25) is 4.99 Å². The van der Waals surface area contributed by atoms with E-state index in [9.17, 15) is 0 Å². The third kappa shape index (κ3) is 13.8. The molecule has 5 rings (SSSR count). The Hall–Kier alpha value is -1.15. The summed E-state index contributed by atoms with van der Waals surface area (Å²) in [6, 6.07) is 44.2. The summed E-state index contributed by atoms with van der Waals surface area (Å²) in [5, 5.41) is 0.194. The second-order valence-electron chi connectivity index (χ2n) is 8.22. The molecule has 0 aliphatic heterocycles. The molecular weight excluding hydrogens is 687 g/mol. The third-order valence-corrected chi connectivity index (χ3v) is 5.85. The zero-order valence-corrected chi connectivity index (χ0v) is 28.2. The van der Waals surface area contributed by atoms with Crippen molar-refractivity contribution >= 4 is 35.1 Å². The quantitative estimate of drug-likeness (QED) is 0.105. The van der Waals surface area contributed by atoms with Gasteiger partial charge in [0.25, 0.3) is 0 Å². The summed E-state index contributed by atoms with van der Waals surface area (Å²) in [4.78, 5) is 4.81. The molecule has 0 spiro atoms. The van der Waals surface area contributed by atoms with Crippen LogP contribution in [0.4, 0.5) is 5.69 Å². The van der Waals surface area contributed by atoms with Gasteiger partial charge in [0.1, 0.15) is 0 Å². The molecule has 1 nitrogen and oxygen atoms in total. The average Bonchev–Trinajstić information content (AvgIpc) is 3.71. The van der Waals surface area contributed by atoms with E-state index in [0.717, 1.165) is 17.7 Å². The van der Waals surface area contributed by atoms with E-state index in [2.05, 4.69) is 85.8 Å². The van der Waals surface area contributed by atoms with Crippen LogP contribution in [0, 0.1) is 0 Å². The second kappa shape index (κ2) is 23.5. The van der Waals surface area contributed by atoms with Gasteiger partial charge in [0.05, 0.1) is 5.34 Å². The number of aliphatic imine (C=N–C) groups is 1. The zero-order chi connectivity index (χ0) is 24.7. The van der Waals surface area contributed by atoms with Gasteiger partial charge in [0, 0.05) is 6.21 Å². The van der Waals surface area contributed by atoms with Crippen molar-refractivity contribution in [1.82, 2.24) is 0 Å². The van der Waals surface area contributed by atoms with Crippen molar-refractivity contribution in [3.8, 4) is 0 Å². The van der Waals surface area contributed by atoms with Gasteiger partial charge in [0.2, 0.25) is 0 Å². The number of hydrogen-bond acceptors (Lipinski definition) is 1. The van der Waals surface area contributed by atoms with Gasteiger partial charge in [-0.05, 0) is 5.56 Å². The Bertz CT molecular complexity index is 1170. The standard InChI is InChI=1S/C26H24N.C5H5.CH2Cl2.2ClH.Fe.Zr/c1-20(22-12-5-6-13-22)18-25(23-14-7-8-15-23)24-16-9-17-26(24)27-19-21-10-3-2-4-11-21;1-2-4-5-3-1;2-1-3;;;;/h2-17,19-20,25H,18H2,1H3;1-5H;1H2;2*1H;;/q-3;-1;;;;2*+3/p-2/t20-,25+;;;;;;/m0....../s1. The first-order valence-electron chi connectivity index (χ1n) is 11.8. The fourth-order valence-corrected chi connectivity index (χ4v) is 4.11. The Morgan fingerprint density at radius 3 is 2.00 bits per heavy atom. The maximum absolute atomic E-state index is 4.81. The first kappa shape index (κ1) is 40.0. The summed E-state index contributed by atoms with van der Waals surface area (Å²) in [7, 11) is 0.